The van der Waals surface area contributed by atoms with E-state index in [1.54, 1.807) is 30.3 Å². The topological polar surface area (TPSA) is 54.5 Å². The number of ketones is 1. The van der Waals surface area contributed by atoms with E-state index in [0.29, 0.717) is 25.8 Å². The molecule has 0 saturated carbocycles. The van der Waals surface area contributed by atoms with Gasteiger partial charge in [-0.15, -0.1) is 0 Å². The van der Waals surface area contributed by atoms with Crippen LogP contribution < -0.4 is 0 Å². The van der Waals surface area contributed by atoms with Crippen molar-refractivity contribution < 1.29 is 13.2 Å². The molecular weight excluding hydrogens is 274 g/mol. The van der Waals surface area contributed by atoms with Crippen LogP contribution in [-0.4, -0.2) is 31.1 Å². The average molecular weight is 295 g/mol. The van der Waals surface area contributed by atoms with E-state index in [-0.39, 0.29) is 16.6 Å². The van der Waals surface area contributed by atoms with Crippen molar-refractivity contribution in [3.63, 3.8) is 0 Å². The highest BCUT2D eigenvalue weighted by atomic mass is 32.2. The van der Waals surface area contributed by atoms with Crippen molar-refractivity contribution in [2.75, 3.05) is 6.54 Å². The number of hydrogen-bond acceptors (Lipinski definition) is 3. The van der Waals surface area contributed by atoms with E-state index in [1.165, 1.54) is 4.31 Å². The molecule has 0 unspecified atom stereocenters. The number of hydrogen-bond donors (Lipinski definition) is 0. The Morgan fingerprint density at radius 1 is 1.25 bits per heavy atom. The number of Topliss-reactive ketones (excluding diaryl/α,β-unsaturated/α-hetero) is 1. The number of carbonyl (C=O) groups is 1. The van der Waals surface area contributed by atoms with Crippen LogP contribution in [-0.2, 0) is 14.8 Å². The molecule has 0 bridgehead atoms. The second-order valence-corrected chi connectivity index (χ2v) is 7.53. The third-order valence-electron chi connectivity index (χ3n) is 3.57. The molecule has 1 aliphatic rings. The number of carbonyl (C=O) groups excluding carboxylic acids is 1. The van der Waals surface area contributed by atoms with E-state index >= 15 is 0 Å². The summed E-state index contributed by atoms with van der Waals surface area (Å²) < 4.78 is 26.8. The molecule has 1 fully saturated rings. The minimum Gasteiger partial charge on any atom is -0.298 e. The fourth-order valence-corrected chi connectivity index (χ4v) is 4.28. The van der Waals surface area contributed by atoms with Gasteiger partial charge in [-0.2, -0.15) is 4.31 Å². The zero-order valence-electron chi connectivity index (χ0n) is 12.0. The zero-order chi connectivity index (χ0) is 14.8. The summed E-state index contributed by atoms with van der Waals surface area (Å²) in [5.74, 6) is 0.333. The minimum absolute atomic E-state index is 0.0458. The molecule has 2 rings (SSSR count). The van der Waals surface area contributed by atoms with Gasteiger partial charge in [-0.05, 0) is 30.9 Å². The predicted octanol–water partition coefficient (Wildman–Crippen LogP) is 2.45. The maximum absolute atomic E-state index is 12.7. The largest absolute Gasteiger partial charge is 0.298 e. The van der Waals surface area contributed by atoms with E-state index in [9.17, 15) is 13.2 Å². The number of rotatable bonds is 4. The summed E-state index contributed by atoms with van der Waals surface area (Å²) in [5.41, 5.74) is 0. The van der Waals surface area contributed by atoms with Crippen LogP contribution in [0.4, 0.5) is 0 Å². The smallest absolute Gasteiger partial charge is 0.243 e. The van der Waals surface area contributed by atoms with Crippen LogP contribution in [0.2, 0.25) is 0 Å². The second-order valence-electron chi connectivity index (χ2n) is 5.64. The van der Waals surface area contributed by atoms with Gasteiger partial charge in [0.05, 0.1) is 10.9 Å². The molecule has 0 N–H and O–H groups in total. The average Bonchev–Trinajstić information content (AvgIpc) is 2.41. The summed E-state index contributed by atoms with van der Waals surface area (Å²) in [6.07, 6.45) is 1.68. The van der Waals surface area contributed by atoms with Gasteiger partial charge in [-0.1, -0.05) is 32.0 Å². The predicted molar refractivity (Wildman–Crippen MR) is 77.8 cm³/mol. The molecule has 1 aromatic carbocycles. The molecule has 0 aliphatic carbocycles. The van der Waals surface area contributed by atoms with Gasteiger partial charge in [0.1, 0.15) is 0 Å². The lowest BCUT2D eigenvalue weighted by molar-refractivity contribution is -0.125. The molecule has 1 atom stereocenters. The third-order valence-corrected chi connectivity index (χ3v) is 5.49. The summed E-state index contributed by atoms with van der Waals surface area (Å²) >= 11 is 0. The Morgan fingerprint density at radius 3 is 2.50 bits per heavy atom. The first-order chi connectivity index (χ1) is 9.43. The van der Waals surface area contributed by atoms with Crippen LogP contribution in [0, 0.1) is 5.92 Å². The molecule has 1 saturated heterocycles. The first-order valence-corrected chi connectivity index (χ1v) is 8.46. The number of piperidine rings is 1. The highest BCUT2D eigenvalue weighted by Crippen LogP contribution is 2.26. The highest BCUT2D eigenvalue weighted by molar-refractivity contribution is 7.89. The Bertz CT molecular complexity index is 566. The normalized spacial score (nSPS) is 21.4. The van der Waals surface area contributed by atoms with Crippen molar-refractivity contribution in [2.45, 2.75) is 44.0 Å². The van der Waals surface area contributed by atoms with Gasteiger partial charge < -0.3 is 0 Å². The molecule has 0 radical (unpaired) electrons. The third kappa shape index (κ3) is 3.10. The van der Waals surface area contributed by atoms with Gasteiger partial charge in [0.2, 0.25) is 10.0 Å². The van der Waals surface area contributed by atoms with Gasteiger partial charge in [0.25, 0.3) is 0 Å². The van der Waals surface area contributed by atoms with Gasteiger partial charge in [0.15, 0.2) is 5.78 Å². The van der Waals surface area contributed by atoms with Gasteiger partial charge >= 0.3 is 0 Å². The Hall–Kier alpha value is -1.20. The standard InChI is InChI=1S/C15H21NO3S/c1-12(2)11-14-15(17)9-6-10-16(14)20(18,19)13-7-4-3-5-8-13/h3-5,7-8,12,14H,6,9-11H2,1-2H3/t14-/m0/s1. The van der Waals surface area contributed by atoms with E-state index in [0.717, 1.165) is 0 Å². The molecule has 0 amide bonds. The van der Waals surface area contributed by atoms with Crippen molar-refractivity contribution in [1.29, 1.82) is 0 Å². The summed E-state index contributed by atoms with van der Waals surface area (Å²) in [7, 11) is -3.58. The lowest BCUT2D eigenvalue weighted by Crippen LogP contribution is -2.49. The van der Waals surface area contributed by atoms with Gasteiger partial charge in [0, 0.05) is 13.0 Å². The molecule has 1 aromatic rings. The maximum Gasteiger partial charge on any atom is 0.243 e. The van der Waals surface area contributed by atoms with E-state index in [4.69, 9.17) is 0 Å². The van der Waals surface area contributed by atoms with Crippen LogP contribution in [0.15, 0.2) is 35.2 Å². The van der Waals surface area contributed by atoms with Gasteiger partial charge in [-0.3, -0.25) is 4.79 Å². The van der Waals surface area contributed by atoms with Crippen molar-refractivity contribution in [1.82, 2.24) is 4.31 Å². The number of sulfonamides is 1. The van der Waals surface area contributed by atoms with Crippen LogP contribution in [0.3, 0.4) is 0 Å². The summed E-state index contributed by atoms with van der Waals surface area (Å²) in [6.45, 7) is 4.45. The Kier molecular flexibility index (Phi) is 4.60. The Balaban J connectivity index is 2.35. The van der Waals surface area contributed by atoms with E-state index < -0.39 is 16.1 Å². The molecular formula is C15H21NO3S. The molecule has 0 spiro atoms. The summed E-state index contributed by atoms with van der Waals surface area (Å²) in [6, 6.07) is 7.86. The first-order valence-electron chi connectivity index (χ1n) is 7.02. The molecule has 4 nitrogen and oxygen atoms in total. The zero-order valence-corrected chi connectivity index (χ0v) is 12.8. The fraction of sp³-hybridized carbons (Fsp3) is 0.533. The summed E-state index contributed by atoms with van der Waals surface area (Å²) in [5, 5.41) is 0. The van der Waals surface area contributed by atoms with Crippen molar-refractivity contribution >= 4 is 15.8 Å². The van der Waals surface area contributed by atoms with Crippen LogP contribution in [0.5, 0.6) is 0 Å². The Morgan fingerprint density at radius 2 is 1.90 bits per heavy atom. The molecule has 1 aliphatic heterocycles. The SMILES string of the molecule is CC(C)C[C@H]1C(=O)CCCN1S(=O)(=O)c1ccccc1. The second kappa shape index (κ2) is 6.06. The monoisotopic (exact) mass is 295 g/mol. The Labute approximate surface area is 120 Å². The first kappa shape index (κ1) is 15.2. The molecule has 1 heterocycles. The van der Waals surface area contributed by atoms with Crippen molar-refractivity contribution in [2.24, 2.45) is 5.92 Å². The maximum atomic E-state index is 12.7. The number of benzene rings is 1. The highest BCUT2D eigenvalue weighted by Gasteiger charge is 2.38. The summed E-state index contributed by atoms with van der Waals surface area (Å²) in [4.78, 5) is 12.4. The van der Waals surface area contributed by atoms with E-state index in [1.807, 2.05) is 13.8 Å². The molecule has 0 aromatic heterocycles. The fourth-order valence-electron chi connectivity index (χ4n) is 2.60. The van der Waals surface area contributed by atoms with Crippen molar-refractivity contribution in [3.05, 3.63) is 30.3 Å². The van der Waals surface area contributed by atoms with E-state index in [2.05, 4.69) is 0 Å². The van der Waals surface area contributed by atoms with Crippen LogP contribution in [0.25, 0.3) is 0 Å². The number of nitrogens with zero attached hydrogens (tertiary/aromatic N) is 1. The minimum atomic E-state index is -3.58. The lowest BCUT2D eigenvalue weighted by Gasteiger charge is -2.34. The molecule has 110 valence electrons. The van der Waals surface area contributed by atoms with Crippen LogP contribution in [0.1, 0.15) is 33.1 Å². The van der Waals surface area contributed by atoms with Gasteiger partial charge in [-0.25, -0.2) is 8.42 Å². The lowest BCUT2D eigenvalue weighted by atomic mass is 9.95. The molecule has 20 heavy (non-hydrogen) atoms. The molecule has 5 heteroatoms. The van der Waals surface area contributed by atoms with Crippen LogP contribution >= 0.6 is 0 Å². The quantitative estimate of drug-likeness (QED) is 0.857. The van der Waals surface area contributed by atoms with Crippen molar-refractivity contribution in [3.8, 4) is 0 Å².